The molecule has 0 aliphatic rings. The highest BCUT2D eigenvalue weighted by Crippen LogP contribution is 2.14. The molecule has 0 saturated heterocycles. The van der Waals surface area contributed by atoms with Gasteiger partial charge in [0.05, 0.1) is 12.1 Å². The summed E-state index contributed by atoms with van der Waals surface area (Å²) in [5, 5.41) is 21.6. The van der Waals surface area contributed by atoms with Crippen LogP contribution >= 0.6 is 0 Å². The van der Waals surface area contributed by atoms with Gasteiger partial charge in [-0.1, -0.05) is 12.1 Å². The van der Waals surface area contributed by atoms with Crippen LogP contribution in [0.15, 0.2) is 24.3 Å². The lowest BCUT2D eigenvalue weighted by Crippen LogP contribution is -2.15. The Kier molecular flexibility index (Phi) is 3.61. The molecule has 0 aliphatic carbocycles. The van der Waals surface area contributed by atoms with Crippen LogP contribution in [-0.4, -0.2) is 29.1 Å². The Morgan fingerprint density at radius 2 is 2.13 bits per heavy atom. The van der Waals surface area contributed by atoms with Crippen LogP contribution in [0.25, 0.3) is 0 Å². The van der Waals surface area contributed by atoms with E-state index in [-0.39, 0.29) is 18.7 Å². The van der Waals surface area contributed by atoms with Crippen LogP contribution in [0.5, 0.6) is 0 Å². The molecule has 0 atom stereocenters. The number of carboxylic acids is 1. The normalized spacial score (nSPS) is 9.60. The first kappa shape index (κ1) is 11.0. The molecular weight excluding hydrogens is 200 g/mol. The minimum absolute atomic E-state index is 0.108. The van der Waals surface area contributed by atoms with Gasteiger partial charge in [0, 0.05) is 10.6 Å². The van der Waals surface area contributed by atoms with Gasteiger partial charge in [-0.15, -0.1) is 0 Å². The van der Waals surface area contributed by atoms with Gasteiger partial charge in [-0.2, -0.15) is 0 Å². The van der Waals surface area contributed by atoms with Gasteiger partial charge in [0.25, 0.3) is 0 Å². The van der Waals surface area contributed by atoms with Gasteiger partial charge in [-0.25, -0.2) is 4.79 Å². The largest absolute Gasteiger partial charge is 0.478 e. The number of hydrogen-bond donors (Lipinski definition) is 2. The molecule has 0 unspecified atom stereocenters. The van der Waals surface area contributed by atoms with Gasteiger partial charge in [0.1, 0.15) is 0 Å². The van der Waals surface area contributed by atoms with Crippen molar-refractivity contribution in [2.24, 2.45) is 0 Å². The van der Waals surface area contributed by atoms with Crippen LogP contribution in [0.4, 0.5) is 5.69 Å². The van der Waals surface area contributed by atoms with E-state index in [9.17, 15) is 14.9 Å². The maximum Gasteiger partial charge on any atom is 0.337 e. The molecule has 0 spiro atoms. The zero-order chi connectivity index (χ0) is 11.3. The number of nitrogens with zero attached hydrogens (tertiary/aromatic N) is 1. The van der Waals surface area contributed by atoms with E-state index in [1.165, 1.54) is 6.07 Å². The van der Waals surface area contributed by atoms with Crippen molar-refractivity contribution in [1.82, 2.24) is 0 Å². The summed E-state index contributed by atoms with van der Waals surface area (Å²) in [7, 11) is 0. The lowest BCUT2D eigenvalue weighted by atomic mass is 10.2. The summed E-state index contributed by atoms with van der Waals surface area (Å²) in [5.74, 6) is -1.06. The van der Waals surface area contributed by atoms with Crippen molar-refractivity contribution in [3.05, 3.63) is 39.9 Å². The molecule has 1 rings (SSSR count). The second-order valence-corrected chi connectivity index (χ2v) is 2.83. The third-order valence-electron chi connectivity index (χ3n) is 1.77. The van der Waals surface area contributed by atoms with Crippen molar-refractivity contribution in [3.63, 3.8) is 0 Å². The molecule has 15 heavy (non-hydrogen) atoms. The van der Waals surface area contributed by atoms with Crippen molar-refractivity contribution >= 4 is 11.7 Å². The Bertz CT molecular complexity index is 378. The maximum absolute atomic E-state index is 10.7. The fraction of sp³-hybridized carbons (Fsp3) is 0.222. The van der Waals surface area contributed by atoms with Crippen molar-refractivity contribution in [2.75, 3.05) is 18.4 Å². The van der Waals surface area contributed by atoms with E-state index < -0.39 is 10.9 Å². The molecule has 0 aromatic heterocycles. The number of nitrogens with one attached hydrogen (secondary N) is 1. The van der Waals surface area contributed by atoms with E-state index in [0.717, 1.165) is 0 Å². The van der Waals surface area contributed by atoms with E-state index in [1.54, 1.807) is 18.2 Å². The number of para-hydroxylation sites is 1. The number of hydrogen-bond acceptors (Lipinski definition) is 4. The smallest absolute Gasteiger partial charge is 0.337 e. The first-order valence-electron chi connectivity index (χ1n) is 4.29. The highest BCUT2D eigenvalue weighted by atomic mass is 16.6. The molecule has 0 amide bonds. The summed E-state index contributed by atoms with van der Waals surface area (Å²) in [6, 6.07) is 6.28. The average Bonchev–Trinajstić information content (AvgIpc) is 2.17. The minimum atomic E-state index is -1.06. The summed E-state index contributed by atoms with van der Waals surface area (Å²) in [4.78, 5) is 20.3. The van der Waals surface area contributed by atoms with Crippen molar-refractivity contribution in [3.8, 4) is 0 Å². The molecule has 6 nitrogen and oxygen atoms in total. The number of carboxylic acid groups (broad SMARTS) is 1. The van der Waals surface area contributed by atoms with Gasteiger partial charge in [-0.05, 0) is 12.1 Å². The first-order chi connectivity index (χ1) is 7.11. The average molecular weight is 210 g/mol. The summed E-state index contributed by atoms with van der Waals surface area (Å²) in [6.45, 7) is -0.134. The van der Waals surface area contributed by atoms with Crippen LogP contribution in [0.2, 0.25) is 0 Å². The molecule has 0 bridgehead atoms. The second kappa shape index (κ2) is 4.94. The van der Waals surface area contributed by atoms with Gasteiger partial charge in [0.2, 0.25) is 6.54 Å². The van der Waals surface area contributed by atoms with E-state index in [4.69, 9.17) is 5.11 Å². The number of benzene rings is 1. The van der Waals surface area contributed by atoms with Gasteiger partial charge >= 0.3 is 5.97 Å². The van der Waals surface area contributed by atoms with Crippen LogP contribution in [0.3, 0.4) is 0 Å². The predicted molar refractivity (Wildman–Crippen MR) is 53.8 cm³/mol. The standard InChI is InChI=1S/C9H10N2O4/c12-9(13)7-3-1-2-4-8(7)10-5-6-11(14)15/h1-4,10H,5-6H2,(H,12,13). The fourth-order valence-corrected chi connectivity index (χ4v) is 1.11. The summed E-state index contributed by atoms with van der Waals surface area (Å²) in [5.41, 5.74) is 0.507. The summed E-state index contributed by atoms with van der Waals surface area (Å²) >= 11 is 0. The molecule has 0 heterocycles. The molecule has 1 aromatic carbocycles. The predicted octanol–water partition coefficient (Wildman–Crippen LogP) is 1.07. The molecule has 6 heteroatoms. The summed E-state index contributed by atoms with van der Waals surface area (Å²) < 4.78 is 0. The summed E-state index contributed by atoms with van der Waals surface area (Å²) in [6.07, 6.45) is 0. The first-order valence-corrected chi connectivity index (χ1v) is 4.29. The fourth-order valence-electron chi connectivity index (χ4n) is 1.11. The van der Waals surface area contributed by atoms with Crippen LogP contribution in [0.1, 0.15) is 10.4 Å². The van der Waals surface area contributed by atoms with Crippen molar-refractivity contribution in [2.45, 2.75) is 0 Å². The van der Waals surface area contributed by atoms with Crippen LogP contribution in [-0.2, 0) is 0 Å². The van der Waals surface area contributed by atoms with Gasteiger partial charge in [-0.3, -0.25) is 10.1 Å². The van der Waals surface area contributed by atoms with E-state index in [1.807, 2.05) is 0 Å². The zero-order valence-electron chi connectivity index (χ0n) is 7.84. The number of carbonyl (C=O) groups is 1. The Labute approximate surface area is 85.7 Å². The van der Waals surface area contributed by atoms with Crippen molar-refractivity contribution in [1.29, 1.82) is 0 Å². The number of aromatic carboxylic acids is 1. The molecule has 0 saturated carbocycles. The highest BCUT2D eigenvalue weighted by molar-refractivity contribution is 5.94. The van der Waals surface area contributed by atoms with E-state index in [2.05, 4.69) is 5.32 Å². The second-order valence-electron chi connectivity index (χ2n) is 2.83. The molecule has 2 N–H and O–H groups in total. The molecule has 1 aromatic rings. The van der Waals surface area contributed by atoms with E-state index >= 15 is 0 Å². The Balaban J connectivity index is 2.67. The highest BCUT2D eigenvalue weighted by Gasteiger charge is 2.08. The quantitative estimate of drug-likeness (QED) is 0.560. The maximum atomic E-state index is 10.7. The zero-order valence-corrected chi connectivity index (χ0v) is 7.84. The molecule has 0 aliphatic heterocycles. The Morgan fingerprint density at radius 3 is 2.73 bits per heavy atom. The topological polar surface area (TPSA) is 92.5 Å². The van der Waals surface area contributed by atoms with Crippen LogP contribution < -0.4 is 5.32 Å². The van der Waals surface area contributed by atoms with Gasteiger partial charge < -0.3 is 10.4 Å². The van der Waals surface area contributed by atoms with E-state index in [0.29, 0.717) is 5.69 Å². The molecule has 0 radical (unpaired) electrons. The number of anilines is 1. The monoisotopic (exact) mass is 210 g/mol. The van der Waals surface area contributed by atoms with Crippen molar-refractivity contribution < 1.29 is 14.8 Å². The Morgan fingerprint density at radius 1 is 1.47 bits per heavy atom. The van der Waals surface area contributed by atoms with Gasteiger partial charge in [0.15, 0.2) is 0 Å². The number of nitro groups is 1. The third-order valence-corrected chi connectivity index (χ3v) is 1.77. The molecule has 0 fully saturated rings. The lowest BCUT2D eigenvalue weighted by Gasteiger charge is -2.06. The van der Waals surface area contributed by atoms with Crippen LogP contribution in [0, 0.1) is 10.1 Å². The molecular formula is C9H10N2O4. The Hall–Kier alpha value is -2.11. The number of rotatable bonds is 5. The third kappa shape index (κ3) is 3.26. The molecule has 80 valence electrons. The SMILES string of the molecule is O=C(O)c1ccccc1NCC[N+](=O)[O-]. The lowest BCUT2D eigenvalue weighted by molar-refractivity contribution is -0.476. The minimum Gasteiger partial charge on any atom is -0.478 e.